The number of benzene rings is 2. The van der Waals surface area contributed by atoms with E-state index in [1.54, 1.807) is 0 Å². The van der Waals surface area contributed by atoms with Gasteiger partial charge in [0.2, 0.25) is 0 Å². The van der Waals surface area contributed by atoms with Crippen LogP contribution in [0.15, 0.2) is 42.5 Å². The van der Waals surface area contributed by atoms with E-state index in [-0.39, 0.29) is 18.0 Å². The van der Waals surface area contributed by atoms with Crippen molar-refractivity contribution in [2.24, 2.45) is 5.92 Å². The Labute approximate surface area is 161 Å². The molecule has 0 bridgehead atoms. The van der Waals surface area contributed by atoms with Crippen molar-refractivity contribution >= 4 is 6.03 Å². The molecule has 27 heavy (non-hydrogen) atoms. The molecule has 5 nitrogen and oxygen atoms in total. The van der Waals surface area contributed by atoms with Crippen molar-refractivity contribution in [2.45, 2.75) is 39.8 Å². The molecule has 0 aromatic heterocycles. The number of rotatable bonds is 5. The lowest BCUT2D eigenvalue weighted by Crippen LogP contribution is -2.39. The Morgan fingerprint density at radius 1 is 1.04 bits per heavy atom. The van der Waals surface area contributed by atoms with Crippen LogP contribution in [0.4, 0.5) is 4.79 Å². The maximum atomic E-state index is 12.4. The Kier molecular flexibility index (Phi) is 6.22. The van der Waals surface area contributed by atoms with Gasteiger partial charge >= 0.3 is 6.03 Å². The van der Waals surface area contributed by atoms with Gasteiger partial charge in [-0.15, -0.1) is 0 Å². The van der Waals surface area contributed by atoms with Crippen LogP contribution in [0.2, 0.25) is 0 Å². The zero-order valence-electron chi connectivity index (χ0n) is 16.2. The van der Waals surface area contributed by atoms with Crippen molar-refractivity contribution in [3.8, 4) is 11.5 Å². The number of hydrogen-bond acceptors (Lipinski definition) is 3. The van der Waals surface area contributed by atoms with Crippen LogP contribution in [0.5, 0.6) is 11.5 Å². The van der Waals surface area contributed by atoms with Gasteiger partial charge in [0.25, 0.3) is 0 Å². The summed E-state index contributed by atoms with van der Waals surface area (Å²) in [5, 5.41) is 6.03. The van der Waals surface area contributed by atoms with Crippen LogP contribution in [0.1, 0.15) is 43.0 Å². The Bertz CT molecular complexity index is 772. The summed E-state index contributed by atoms with van der Waals surface area (Å²) in [5.74, 6) is 1.75. The highest BCUT2D eigenvalue weighted by atomic mass is 16.5. The molecule has 0 aliphatic carbocycles. The Hall–Kier alpha value is -2.69. The SMILES string of the molecule is Cc1ccc(CNC(=O)N[C@@H](c2ccc3c(c2)OCCCO3)C(C)C)cc1. The molecule has 2 amide bonds. The molecule has 1 heterocycles. The fourth-order valence-corrected chi connectivity index (χ4v) is 3.09. The first kappa shape index (κ1) is 19.1. The average molecular weight is 368 g/mol. The van der Waals surface area contributed by atoms with Crippen LogP contribution >= 0.6 is 0 Å². The molecule has 1 aliphatic heterocycles. The van der Waals surface area contributed by atoms with Crippen molar-refractivity contribution in [3.05, 3.63) is 59.2 Å². The second-order valence-electron chi connectivity index (χ2n) is 7.29. The number of hydrogen-bond donors (Lipinski definition) is 2. The number of aryl methyl sites for hydroxylation is 1. The van der Waals surface area contributed by atoms with E-state index < -0.39 is 0 Å². The molecule has 2 N–H and O–H groups in total. The largest absolute Gasteiger partial charge is 0.490 e. The highest BCUT2D eigenvalue weighted by molar-refractivity contribution is 5.74. The topological polar surface area (TPSA) is 59.6 Å². The summed E-state index contributed by atoms with van der Waals surface area (Å²) < 4.78 is 11.5. The van der Waals surface area contributed by atoms with Crippen molar-refractivity contribution in [1.29, 1.82) is 0 Å². The van der Waals surface area contributed by atoms with Crippen molar-refractivity contribution in [2.75, 3.05) is 13.2 Å². The molecule has 144 valence electrons. The molecule has 0 radical (unpaired) electrons. The van der Waals surface area contributed by atoms with E-state index in [1.165, 1.54) is 5.56 Å². The summed E-state index contributed by atoms with van der Waals surface area (Å²) in [6.07, 6.45) is 0.872. The number of fused-ring (bicyclic) bond motifs is 1. The van der Waals surface area contributed by atoms with Gasteiger partial charge in [0.15, 0.2) is 11.5 Å². The fourth-order valence-electron chi connectivity index (χ4n) is 3.09. The smallest absolute Gasteiger partial charge is 0.315 e. The van der Waals surface area contributed by atoms with Crippen LogP contribution in [-0.4, -0.2) is 19.2 Å². The van der Waals surface area contributed by atoms with Crippen LogP contribution < -0.4 is 20.1 Å². The van der Waals surface area contributed by atoms with Crippen molar-refractivity contribution < 1.29 is 14.3 Å². The van der Waals surface area contributed by atoms with Gasteiger partial charge in [-0.2, -0.15) is 0 Å². The predicted octanol–water partition coefficient (Wildman–Crippen LogP) is 4.35. The Morgan fingerprint density at radius 2 is 1.74 bits per heavy atom. The molecule has 0 unspecified atom stereocenters. The zero-order chi connectivity index (χ0) is 19.2. The highest BCUT2D eigenvalue weighted by Gasteiger charge is 2.21. The monoisotopic (exact) mass is 368 g/mol. The second kappa shape index (κ2) is 8.80. The predicted molar refractivity (Wildman–Crippen MR) is 106 cm³/mol. The normalized spacial score (nSPS) is 14.4. The molecule has 0 saturated heterocycles. The molecule has 0 fully saturated rings. The molecule has 0 saturated carbocycles. The number of nitrogens with one attached hydrogen (secondary N) is 2. The number of carbonyl (C=O) groups excluding carboxylic acids is 1. The van der Waals surface area contributed by atoms with E-state index in [9.17, 15) is 4.79 Å². The first-order chi connectivity index (χ1) is 13.0. The molecule has 0 spiro atoms. The lowest BCUT2D eigenvalue weighted by atomic mass is 9.96. The van der Waals surface area contributed by atoms with Crippen molar-refractivity contribution in [3.63, 3.8) is 0 Å². The highest BCUT2D eigenvalue weighted by Crippen LogP contribution is 2.34. The van der Waals surface area contributed by atoms with E-state index in [2.05, 4.69) is 24.5 Å². The van der Waals surface area contributed by atoms with Crippen LogP contribution in [0.25, 0.3) is 0 Å². The van der Waals surface area contributed by atoms with E-state index in [0.29, 0.717) is 19.8 Å². The summed E-state index contributed by atoms with van der Waals surface area (Å²) in [7, 11) is 0. The number of urea groups is 1. The molecule has 1 aliphatic rings. The first-order valence-electron chi connectivity index (χ1n) is 9.52. The minimum atomic E-state index is -0.179. The first-order valence-corrected chi connectivity index (χ1v) is 9.52. The number of ether oxygens (including phenoxy) is 2. The van der Waals surface area contributed by atoms with E-state index in [1.807, 2.05) is 49.4 Å². The standard InChI is InChI=1S/C22H28N2O3/c1-15(2)21(18-9-10-19-20(13-18)27-12-4-11-26-19)24-22(25)23-14-17-7-5-16(3)6-8-17/h5-10,13,15,21H,4,11-12,14H2,1-3H3,(H2,23,24,25)/t21-/m1/s1. The van der Waals surface area contributed by atoms with Gasteiger partial charge in [0, 0.05) is 13.0 Å². The van der Waals surface area contributed by atoms with E-state index in [4.69, 9.17) is 9.47 Å². The number of amides is 2. The van der Waals surface area contributed by atoms with Gasteiger partial charge < -0.3 is 20.1 Å². The molecule has 5 heteroatoms. The maximum Gasteiger partial charge on any atom is 0.315 e. The lowest BCUT2D eigenvalue weighted by molar-refractivity contribution is 0.232. The summed E-state index contributed by atoms with van der Waals surface area (Å²) in [6.45, 7) is 8.04. The summed E-state index contributed by atoms with van der Waals surface area (Å²) in [4.78, 5) is 12.4. The third kappa shape index (κ3) is 5.16. The molecule has 1 atom stereocenters. The minimum absolute atomic E-state index is 0.111. The average Bonchev–Trinajstić information content (AvgIpc) is 2.90. The van der Waals surface area contributed by atoms with Crippen LogP contribution in [-0.2, 0) is 6.54 Å². The number of carbonyl (C=O) groups is 1. The zero-order valence-corrected chi connectivity index (χ0v) is 16.2. The second-order valence-corrected chi connectivity index (χ2v) is 7.29. The summed E-state index contributed by atoms with van der Waals surface area (Å²) in [5.41, 5.74) is 3.30. The fraction of sp³-hybridized carbons (Fsp3) is 0.409. The van der Waals surface area contributed by atoms with Gasteiger partial charge in [0.1, 0.15) is 0 Å². The van der Waals surface area contributed by atoms with Gasteiger partial charge in [-0.1, -0.05) is 49.7 Å². The minimum Gasteiger partial charge on any atom is -0.490 e. The van der Waals surface area contributed by atoms with Gasteiger partial charge in [-0.3, -0.25) is 0 Å². The van der Waals surface area contributed by atoms with E-state index in [0.717, 1.165) is 29.0 Å². The third-order valence-electron chi connectivity index (χ3n) is 4.66. The molecule has 2 aromatic rings. The van der Waals surface area contributed by atoms with Crippen LogP contribution in [0.3, 0.4) is 0 Å². The van der Waals surface area contributed by atoms with Crippen LogP contribution in [0, 0.1) is 12.8 Å². The molecular weight excluding hydrogens is 340 g/mol. The van der Waals surface area contributed by atoms with Gasteiger partial charge in [-0.05, 0) is 36.1 Å². The third-order valence-corrected chi connectivity index (χ3v) is 4.66. The van der Waals surface area contributed by atoms with E-state index >= 15 is 0 Å². The quantitative estimate of drug-likeness (QED) is 0.825. The Balaban J connectivity index is 1.65. The summed E-state index contributed by atoms with van der Waals surface area (Å²) in [6, 6.07) is 13.8. The lowest BCUT2D eigenvalue weighted by Gasteiger charge is -2.24. The maximum absolute atomic E-state index is 12.4. The molecular formula is C22H28N2O3. The molecule has 3 rings (SSSR count). The Morgan fingerprint density at radius 3 is 2.44 bits per heavy atom. The van der Waals surface area contributed by atoms with Gasteiger partial charge in [-0.25, -0.2) is 4.79 Å². The van der Waals surface area contributed by atoms with Crippen molar-refractivity contribution in [1.82, 2.24) is 10.6 Å². The van der Waals surface area contributed by atoms with Gasteiger partial charge in [0.05, 0.1) is 19.3 Å². The summed E-state index contributed by atoms with van der Waals surface area (Å²) >= 11 is 0. The molecule has 2 aromatic carbocycles.